The summed E-state index contributed by atoms with van der Waals surface area (Å²) in [6.45, 7) is 1.61. The smallest absolute Gasteiger partial charge is 0.331 e. The van der Waals surface area contributed by atoms with Crippen molar-refractivity contribution < 1.29 is 40.5 Å². The molecule has 0 aromatic heterocycles. The maximum Gasteiger partial charge on any atom is 0.331 e. The van der Waals surface area contributed by atoms with E-state index in [0.717, 1.165) is 0 Å². The van der Waals surface area contributed by atoms with Crippen LogP contribution < -0.4 is 0 Å². The summed E-state index contributed by atoms with van der Waals surface area (Å²) in [5.41, 5.74) is -0.305. The zero-order valence-corrected chi connectivity index (χ0v) is 10.6. The fourth-order valence-electron chi connectivity index (χ4n) is 1.37. The third-order valence-electron chi connectivity index (χ3n) is 2.96. The van der Waals surface area contributed by atoms with Crippen LogP contribution in [-0.2, 0) is 4.79 Å². The maximum absolute atomic E-state index is 10.7. The van der Waals surface area contributed by atoms with Gasteiger partial charge < -0.3 is 35.7 Å². The highest BCUT2D eigenvalue weighted by molar-refractivity contribution is 5.86. The van der Waals surface area contributed by atoms with Gasteiger partial charge in [-0.05, 0) is 19.4 Å². The molecular weight excluding hydrogens is 260 g/mol. The summed E-state index contributed by atoms with van der Waals surface area (Å²) in [5.74, 6) is -1.30. The number of carbonyl (C=O) groups is 1. The summed E-state index contributed by atoms with van der Waals surface area (Å²) in [6.07, 6.45) is -9.17. The van der Waals surface area contributed by atoms with E-state index in [0.29, 0.717) is 0 Å². The zero-order chi connectivity index (χ0) is 15.3. The predicted octanol–water partition coefficient (Wildman–Crippen LogP) is -2.80. The van der Waals surface area contributed by atoms with Gasteiger partial charge in [0.05, 0.1) is 6.61 Å². The highest BCUT2D eigenvalue weighted by atomic mass is 16.4. The molecule has 0 aromatic rings. The van der Waals surface area contributed by atoms with Gasteiger partial charge in [0.1, 0.15) is 30.5 Å². The van der Waals surface area contributed by atoms with E-state index in [9.17, 15) is 25.2 Å². The lowest BCUT2D eigenvalue weighted by molar-refractivity contribution is -0.136. The van der Waals surface area contributed by atoms with Crippen LogP contribution in [0.3, 0.4) is 0 Å². The number of aliphatic carboxylic acids is 1. The molecule has 0 spiro atoms. The molecule has 0 radical (unpaired) electrons. The van der Waals surface area contributed by atoms with Crippen LogP contribution in [0.15, 0.2) is 11.1 Å². The zero-order valence-electron chi connectivity index (χ0n) is 10.6. The van der Waals surface area contributed by atoms with Crippen molar-refractivity contribution in [3.63, 3.8) is 0 Å². The van der Waals surface area contributed by atoms with Crippen molar-refractivity contribution >= 4 is 5.97 Å². The Morgan fingerprint density at radius 2 is 1.42 bits per heavy atom. The molecule has 112 valence electrons. The Kier molecular flexibility index (Phi) is 7.12. The van der Waals surface area contributed by atoms with Gasteiger partial charge in [-0.25, -0.2) is 4.79 Å². The largest absolute Gasteiger partial charge is 0.478 e. The highest BCUT2D eigenvalue weighted by Gasteiger charge is 2.35. The van der Waals surface area contributed by atoms with Crippen molar-refractivity contribution in [1.29, 1.82) is 0 Å². The van der Waals surface area contributed by atoms with E-state index < -0.39 is 43.1 Å². The highest BCUT2D eigenvalue weighted by Crippen LogP contribution is 2.16. The van der Waals surface area contributed by atoms with Gasteiger partial charge in [0.15, 0.2) is 0 Å². The van der Waals surface area contributed by atoms with Crippen LogP contribution in [0.2, 0.25) is 0 Å². The lowest BCUT2D eigenvalue weighted by atomic mass is 9.93. The normalized spacial score (nSPS) is 21.1. The number of rotatable bonds is 7. The molecule has 8 nitrogen and oxygen atoms in total. The van der Waals surface area contributed by atoms with E-state index in [1.54, 1.807) is 0 Å². The second-order valence-corrected chi connectivity index (χ2v) is 4.28. The molecular formula is C11H20O8. The summed E-state index contributed by atoms with van der Waals surface area (Å²) in [5, 5.41) is 64.6. The van der Waals surface area contributed by atoms with E-state index >= 15 is 0 Å². The van der Waals surface area contributed by atoms with E-state index in [1.165, 1.54) is 13.8 Å². The molecule has 0 saturated heterocycles. The van der Waals surface area contributed by atoms with E-state index in [2.05, 4.69) is 0 Å². The number of aliphatic hydroxyl groups excluding tert-OH is 6. The molecule has 0 heterocycles. The molecule has 0 saturated carbocycles. The molecule has 19 heavy (non-hydrogen) atoms. The number of hydrogen-bond acceptors (Lipinski definition) is 7. The van der Waals surface area contributed by atoms with Crippen molar-refractivity contribution in [3.8, 4) is 0 Å². The SMILES string of the molecule is CC(C(=O)O)=C(C)C(O)[C@H](O)[C@@H](O)[C@H](O)[C@H](O)CO. The molecule has 0 fully saturated rings. The molecule has 8 heteroatoms. The third kappa shape index (κ3) is 4.53. The number of aliphatic hydroxyl groups is 6. The van der Waals surface area contributed by atoms with Gasteiger partial charge >= 0.3 is 5.97 Å². The van der Waals surface area contributed by atoms with Gasteiger partial charge in [0.2, 0.25) is 0 Å². The van der Waals surface area contributed by atoms with Gasteiger partial charge in [0.25, 0.3) is 0 Å². The van der Waals surface area contributed by atoms with Crippen LogP contribution in [0.5, 0.6) is 0 Å². The number of carboxylic acids is 1. The van der Waals surface area contributed by atoms with Crippen LogP contribution in [0.1, 0.15) is 13.8 Å². The fraction of sp³-hybridized carbons (Fsp3) is 0.727. The molecule has 0 aliphatic heterocycles. The van der Waals surface area contributed by atoms with Crippen LogP contribution in [0.4, 0.5) is 0 Å². The minimum atomic E-state index is -1.95. The van der Waals surface area contributed by atoms with Crippen molar-refractivity contribution in [3.05, 3.63) is 11.1 Å². The quantitative estimate of drug-likeness (QED) is 0.246. The number of hydrogen-bond donors (Lipinski definition) is 7. The monoisotopic (exact) mass is 280 g/mol. The first-order chi connectivity index (χ1) is 8.64. The minimum absolute atomic E-state index is 0.0928. The average Bonchev–Trinajstić information content (AvgIpc) is 2.40. The Balaban J connectivity index is 4.96. The first kappa shape index (κ1) is 18.0. The van der Waals surface area contributed by atoms with Crippen molar-refractivity contribution in [2.24, 2.45) is 0 Å². The molecule has 0 rings (SSSR count). The molecule has 0 amide bonds. The Hall–Kier alpha value is -1.03. The Bertz CT molecular complexity index is 340. The van der Waals surface area contributed by atoms with Crippen molar-refractivity contribution in [2.45, 2.75) is 44.4 Å². The molecule has 0 aromatic carbocycles. The Morgan fingerprint density at radius 1 is 0.947 bits per heavy atom. The topological polar surface area (TPSA) is 159 Å². The third-order valence-corrected chi connectivity index (χ3v) is 2.96. The molecule has 7 N–H and O–H groups in total. The van der Waals surface area contributed by atoms with Gasteiger partial charge in [-0.15, -0.1) is 0 Å². The predicted molar refractivity (Wildman–Crippen MR) is 63.1 cm³/mol. The van der Waals surface area contributed by atoms with Crippen molar-refractivity contribution in [1.82, 2.24) is 0 Å². The maximum atomic E-state index is 10.7. The Labute approximate surface area is 109 Å². The van der Waals surface area contributed by atoms with Crippen LogP contribution in [0.25, 0.3) is 0 Å². The standard InChI is InChI=1S/C11H20O8/c1-4(5(2)11(18)19)7(14)9(16)10(17)8(15)6(13)3-12/h6-10,12-17H,3H2,1-2H3,(H,18,19)/t6-,7?,8-,9+,10+/m1/s1. The lowest BCUT2D eigenvalue weighted by Gasteiger charge is -2.29. The van der Waals surface area contributed by atoms with Crippen molar-refractivity contribution in [2.75, 3.05) is 6.61 Å². The molecule has 0 bridgehead atoms. The van der Waals surface area contributed by atoms with Gasteiger partial charge in [0, 0.05) is 5.57 Å². The fourth-order valence-corrected chi connectivity index (χ4v) is 1.37. The van der Waals surface area contributed by atoms with Crippen LogP contribution in [-0.4, -0.2) is 78.8 Å². The summed E-state index contributed by atoms with van der Waals surface area (Å²) in [6, 6.07) is 0. The first-order valence-corrected chi connectivity index (χ1v) is 5.57. The molecule has 5 atom stereocenters. The summed E-state index contributed by atoms with van der Waals surface area (Å²) in [7, 11) is 0. The lowest BCUT2D eigenvalue weighted by Crippen LogP contribution is -2.50. The molecule has 1 unspecified atom stereocenters. The molecule has 0 aliphatic carbocycles. The minimum Gasteiger partial charge on any atom is -0.478 e. The van der Waals surface area contributed by atoms with Gasteiger partial charge in [-0.1, -0.05) is 0 Å². The van der Waals surface area contributed by atoms with Crippen LogP contribution in [0, 0.1) is 0 Å². The van der Waals surface area contributed by atoms with E-state index in [-0.39, 0.29) is 11.1 Å². The van der Waals surface area contributed by atoms with E-state index in [4.69, 9.17) is 15.3 Å². The van der Waals surface area contributed by atoms with Crippen LogP contribution >= 0.6 is 0 Å². The van der Waals surface area contributed by atoms with Gasteiger partial charge in [-0.2, -0.15) is 0 Å². The second kappa shape index (κ2) is 7.53. The summed E-state index contributed by atoms with van der Waals surface area (Å²) < 4.78 is 0. The number of carboxylic acid groups (broad SMARTS) is 1. The second-order valence-electron chi connectivity index (χ2n) is 4.28. The first-order valence-electron chi connectivity index (χ1n) is 5.57. The average molecular weight is 280 g/mol. The summed E-state index contributed by atoms with van der Waals surface area (Å²) >= 11 is 0. The van der Waals surface area contributed by atoms with Gasteiger partial charge in [-0.3, -0.25) is 0 Å². The Morgan fingerprint density at radius 3 is 1.79 bits per heavy atom. The van der Waals surface area contributed by atoms with E-state index in [1.807, 2.05) is 0 Å². The summed E-state index contributed by atoms with van der Waals surface area (Å²) in [4.78, 5) is 10.7. The molecule has 0 aliphatic rings.